The maximum Gasteiger partial charge on any atom is 0.321 e. The van der Waals surface area contributed by atoms with Gasteiger partial charge in [-0.2, -0.15) is 0 Å². The fourth-order valence-electron chi connectivity index (χ4n) is 2.41. The summed E-state index contributed by atoms with van der Waals surface area (Å²) in [6.45, 7) is 0.295. The smallest absolute Gasteiger partial charge is 0.321 e. The molecule has 3 rings (SSSR count). The molecule has 0 aliphatic heterocycles. The van der Waals surface area contributed by atoms with Gasteiger partial charge in [-0.3, -0.25) is 4.72 Å². The van der Waals surface area contributed by atoms with Crippen molar-refractivity contribution in [2.45, 2.75) is 11.4 Å². The third kappa shape index (κ3) is 5.42. The van der Waals surface area contributed by atoms with Crippen LogP contribution in [0.15, 0.2) is 53.1 Å². The molecule has 158 valence electrons. The molecule has 2 amide bonds. The van der Waals surface area contributed by atoms with Gasteiger partial charge in [0.1, 0.15) is 0 Å². The Morgan fingerprint density at radius 2 is 1.87 bits per heavy atom. The number of hydrogen-bond acceptors (Lipinski definition) is 8. The number of urea groups is 1. The number of carbonyl (C=O) groups excluding carboxylic acids is 1. The van der Waals surface area contributed by atoms with Gasteiger partial charge in [0, 0.05) is 56.4 Å². The van der Waals surface area contributed by atoms with E-state index in [1.807, 2.05) is 14.1 Å². The second kappa shape index (κ2) is 9.05. The first-order valence-electron chi connectivity index (χ1n) is 8.77. The van der Waals surface area contributed by atoms with Gasteiger partial charge in [0.2, 0.25) is 5.95 Å². The lowest BCUT2D eigenvalue weighted by molar-refractivity contribution is 0.220. The highest BCUT2D eigenvalue weighted by Crippen LogP contribution is 2.20. The van der Waals surface area contributed by atoms with Gasteiger partial charge in [-0.05, 0) is 18.2 Å². The highest BCUT2D eigenvalue weighted by Gasteiger charge is 2.17. The standard InChI is InChI=1S/C18H21N7O3S2/c1-24(2)16-20-10-13(11-21-16)12-25(3)18(26)22-14-5-4-6-15(9-14)30(27,28)23-17-19-7-8-29-17/h4-11H,12H2,1-3H3,(H,19,23)(H,22,26). The number of amides is 2. The molecule has 0 saturated heterocycles. The van der Waals surface area contributed by atoms with Crippen LogP contribution in [0.25, 0.3) is 0 Å². The summed E-state index contributed by atoms with van der Waals surface area (Å²) >= 11 is 1.18. The lowest BCUT2D eigenvalue weighted by atomic mass is 10.3. The van der Waals surface area contributed by atoms with Crippen LogP contribution in [0, 0.1) is 0 Å². The third-order valence-corrected chi connectivity index (χ3v) is 6.06. The predicted molar refractivity (Wildman–Crippen MR) is 116 cm³/mol. The number of sulfonamides is 1. The lowest BCUT2D eigenvalue weighted by Crippen LogP contribution is -2.31. The molecule has 10 nitrogen and oxygen atoms in total. The average Bonchev–Trinajstić information content (AvgIpc) is 3.21. The van der Waals surface area contributed by atoms with Gasteiger partial charge in [-0.1, -0.05) is 6.07 Å². The van der Waals surface area contributed by atoms with Crippen molar-refractivity contribution in [3.63, 3.8) is 0 Å². The number of hydrogen-bond donors (Lipinski definition) is 2. The van der Waals surface area contributed by atoms with Gasteiger partial charge in [0.25, 0.3) is 10.0 Å². The van der Waals surface area contributed by atoms with Crippen LogP contribution < -0.4 is 14.9 Å². The summed E-state index contributed by atoms with van der Waals surface area (Å²) in [5, 5.41) is 4.64. The molecular weight excluding hydrogens is 426 g/mol. The van der Waals surface area contributed by atoms with Crippen LogP contribution in [-0.2, 0) is 16.6 Å². The van der Waals surface area contributed by atoms with Crippen molar-refractivity contribution in [2.24, 2.45) is 0 Å². The molecule has 0 aliphatic carbocycles. The first kappa shape index (κ1) is 21.5. The van der Waals surface area contributed by atoms with Crippen molar-refractivity contribution < 1.29 is 13.2 Å². The summed E-state index contributed by atoms with van der Waals surface area (Å²) in [6, 6.07) is 5.60. The summed E-state index contributed by atoms with van der Waals surface area (Å²) in [6.07, 6.45) is 4.82. The van der Waals surface area contributed by atoms with Gasteiger partial charge in [-0.15, -0.1) is 11.3 Å². The van der Waals surface area contributed by atoms with E-state index in [-0.39, 0.29) is 10.0 Å². The normalized spacial score (nSPS) is 11.0. The largest absolute Gasteiger partial charge is 0.347 e. The highest BCUT2D eigenvalue weighted by atomic mass is 32.2. The van der Waals surface area contributed by atoms with E-state index in [0.29, 0.717) is 18.2 Å². The Labute approximate surface area is 178 Å². The van der Waals surface area contributed by atoms with Crippen LogP contribution in [0.2, 0.25) is 0 Å². The van der Waals surface area contributed by atoms with Crippen LogP contribution in [-0.4, -0.2) is 55.4 Å². The van der Waals surface area contributed by atoms with Gasteiger partial charge in [0.15, 0.2) is 5.13 Å². The number of anilines is 3. The zero-order valence-electron chi connectivity index (χ0n) is 16.6. The molecule has 12 heteroatoms. The van der Waals surface area contributed by atoms with Crippen molar-refractivity contribution in [3.8, 4) is 0 Å². The molecule has 0 aliphatic rings. The molecule has 0 fully saturated rings. The summed E-state index contributed by atoms with van der Waals surface area (Å²) in [5.41, 5.74) is 1.12. The monoisotopic (exact) mass is 447 g/mol. The van der Waals surface area contributed by atoms with Crippen molar-refractivity contribution in [3.05, 3.63) is 53.8 Å². The fraction of sp³-hybridized carbons (Fsp3) is 0.222. The zero-order valence-corrected chi connectivity index (χ0v) is 18.2. The van der Waals surface area contributed by atoms with Crippen LogP contribution >= 0.6 is 11.3 Å². The molecule has 0 radical (unpaired) electrons. The Morgan fingerprint density at radius 1 is 1.13 bits per heavy atom. The molecule has 0 atom stereocenters. The molecule has 2 heterocycles. The average molecular weight is 448 g/mol. The Morgan fingerprint density at radius 3 is 2.50 bits per heavy atom. The van der Waals surface area contributed by atoms with Crippen molar-refractivity contribution in [2.75, 3.05) is 36.1 Å². The molecule has 2 aromatic heterocycles. The number of nitrogens with zero attached hydrogens (tertiary/aromatic N) is 5. The molecule has 1 aromatic carbocycles. The van der Waals surface area contributed by atoms with Crippen LogP contribution in [0.4, 0.5) is 21.6 Å². The van der Waals surface area contributed by atoms with Crippen molar-refractivity contribution in [1.82, 2.24) is 19.9 Å². The SMILES string of the molecule is CN(Cc1cnc(N(C)C)nc1)C(=O)Nc1cccc(S(=O)(=O)Nc2nccs2)c1. The molecule has 2 N–H and O–H groups in total. The van der Waals surface area contributed by atoms with E-state index in [1.165, 1.54) is 34.6 Å². The Bertz CT molecular complexity index is 1100. The Balaban J connectivity index is 1.65. The van der Waals surface area contributed by atoms with E-state index in [1.54, 1.807) is 41.9 Å². The number of benzene rings is 1. The van der Waals surface area contributed by atoms with Gasteiger partial charge in [0.05, 0.1) is 11.4 Å². The van der Waals surface area contributed by atoms with E-state index in [9.17, 15) is 13.2 Å². The fourth-order valence-corrected chi connectivity index (χ4v) is 4.25. The first-order chi connectivity index (χ1) is 14.2. The maximum atomic E-state index is 12.5. The first-order valence-corrected chi connectivity index (χ1v) is 11.1. The number of thiazole rings is 1. The van der Waals surface area contributed by atoms with Gasteiger partial charge < -0.3 is 15.1 Å². The van der Waals surface area contributed by atoms with Gasteiger partial charge in [-0.25, -0.2) is 28.2 Å². The molecule has 0 bridgehead atoms. The molecule has 30 heavy (non-hydrogen) atoms. The third-order valence-electron chi connectivity index (χ3n) is 3.91. The van der Waals surface area contributed by atoms with Crippen molar-refractivity contribution >= 4 is 44.2 Å². The Hall–Kier alpha value is -3.25. The minimum Gasteiger partial charge on any atom is -0.347 e. The molecule has 0 unspecified atom stereocenters. The summed E-state index contributed by atoms with van der Waals surface area (Å²) in [5.74, 6) is 0.579. The van der Waals surface area contributed by atoms with Crippen LogP contribution in [0.1, 0.15) is 5.56 Å². The quantitative estimate of drug-likeness (QED) is 0.571. The van der Waals surface area contributed by atoms with E-state index in [0.717, 1.165) is 5.56 Å². The number of rotatable bonds is 7. The predicted octanol–water partition coefficient (Wildman–Crippen LogP) is 2.46. The number of nitrogens with one attached hydrogen (secondary N) is 2. The molecule has 0 spiro atoms. The highest BCUT2D eigenvalue weighted by molar-refractivity contribution is 7.93. The maximum absolute atomic E-state index is 12.5. The minimum absolute atomic E-state index is 0.0193. The second-order valence-corrected chi connectivity index (χ2v) is 9.12. The van der Waals surface area contributed by atoms with E-state index in [2.05, 4.69) is 25.0 Å². The lowest BCUT2D eigenvalue weighted by Gasteiger charge is -2.18. The van der Waals surface area contributed by atoms with E-state index >= 15 is 0 Å². The number of carbonyl (C=O) groups is 1. The van der Waals surface area contributed by atoms with Crippen LogP contribution in [0.5, 0.6) is 0 Å². The second-order valence-electron chi connectivity index (χ2n) is 6.54. The molecular formula is C18H21N7O3S2. The Kier molecular flexibility index (Phi) is 6.47. The summed E-state index contributed by atoms with van der Waals surface area (Å²) in [7, 11) is 1.50. The number of aromatic nitrogens is 3. The van der Waals surface area contributed by atoms with Crippen LogP contribution in [0.3, 0.4) is 0 Å². The zero-order chi connectivity index (χ0) is 21.7. The van der Waals surface area contributed by atoms with Gasteiger partial charge >= 0.3 is 6.03 Å². The van der Waals surface area contributed by atoms with Crippen molar-refractivity contribution in [1.29, 1.82) is 0 Å². The molecule has 3 aromatic rings. The summed E-state index contributed by atoms with van der Waals surface area (Å²) in [4.78, 5) is 28.1. The van der Waals surface area contributed by atoms with E-state index < -0.39 is 16.1 Å². The minimum atomic E-state index is -3.81. The summed E-state index contributed by atoms with van der Waals surface area (Å²) < 4.78 is 27.4. The topological polar surface area (TPSA) is 120 Å². The molecule has 0 saturated carbocycles. The van der Waals surface area contributed by atoms with E-state index in [4.69, 9.17) is 0 Å².